The Balaban J connectivity index is 0. The van der Waals surface area contributed by atoms with Gasteiger partial charge in [-0.15, -0.1) is 0 Å². The van der Waals surface area contributed by atoms with Crippen molar-refractivity contribution < 1.29 is 35.4 Å². The molecule has 0 bridgehead atoms. The first kappa shape index (κ1) is 11.1. The molecule has 0 atom stereocenters. The molecule has 2 nitrogen and oxygen atoms in total. The van der Waals surface area contributed by atoms with Crippen molar-refractivity contribution in [3.05, 3.63) is 0 Å². The standard InChI is InChI=1S/C5H8O2.Sc/c1-3-5(7)4(2)6;/h3H2,1-2H3;. The topological polar surface area (TPSA) is 34.1 Å². The van der Waals surface area contributed by atoms with Crippen LogP contribution in [-0.4, -0.2) is 11.6 Å². The molecule has 0 aromatic rings. The summed E-state index contributed by atoms with van der Waals surface area (Å²) in [4.78, 5) is 20.2. The molecule has 0 saturated carbocycles. The first-order chi connectivity index (χ1) is 3.18. The molecule has 0 aliphatic heterocycles. The summed E-state index contributed by atoms with van der Waals surface area (Å²) in [7, 11) is 0. The fourth-order valence-electron chi connectivity index (χ4n) is 0.249. The van der Waals surface area contributed by atoms with Crippen LogP contribution in [0.15, 0.2) is 0 Å². The van der Waals surface area contributed by atoms with E-state index in [-0.39, 0.29) is 37.4 Å². The van der Waals surface area contributed by atoms with Gasteiger partial charge in [0.1, 0.15) is 0 Å². The minimum absolute atomic E-state index is 0. The molecule has 0 aliphatic carbocycles. The fraction of sp³-hybridized carbons (Fsp3) is 0.600. The molecule has 3 heteroatoms. The molecule has 0 spiro atoms. The van der Waals surface area contributed by atoms with Crippen LogP contribution in [0.4, 0.5) is 0 Å². The van der Waals surface area contributed by atoms with Crippen molar-refractivity contribution in [2.45, 2.75) is 20.3 Å². The van der Waals surface area contributed by atoms with Crippen molar-refractivity contribution in [1.82, 2.24) is 0 Å². The Labute approximate surface area is 67.4 Å². The maximum atomic E-state index is 10.2. The van der Waals surface area contributed by atoms with Gasteiger partial charge < -0.3 is 0 Å². The number of rotatable bonds is 2. The molecule has 8 heavy (non-hydrogen) atoms. The second-order valence-corrected chi connectivity index (χ2v) is 1.33. The summed E-state index contributed by atoms with van der Waals surface area (Å²) in [6, 6.07) is 0. The minimum atomic E-state index is -0.345. The first-order valence-corrected chi connectivity index (χ1v) is 2.22. The number of hydrogen-bond donors (Lipinski definition) is 0. The molecule has 0 aromatic carbocycles. The van der Waals surface area contributed by atoms with E-state index in [9.17, 15) is 9.59 Å². The van der Waals surface area contributed by atoms with E-state index in [0.717, 1.165) is 0 Å². The van der Waals surface area contributed by atoms with E-state index >= 15 is 0 Å². The van der Waals surface area contributed by atoms with Gasteiger partial charge in [0.15, 0.2) is 11.6 Å². The normalized spacial score (nSPS) is 7.25. The predicted octanol–water partition coefficient (Wildman–Crippen LogP) is 0.552. The van der Waals surface area contributed by atoms with Crippen molar-refractivity contribution in [3.8, 4) is 0 Å². The minimum Gasteiger partial charge on any atom is -0.291 e. The third-order valence-corrected chi connectivity index (χ3v) is 0.714. The van der Waals surface area contributed by atoms with Crippen molar-refractivity contribution in [1.29, 1.82) is 0 Å². The SMILES string of the molecule is CCC(=O)C(C)=O.[Sc]. The Bertz CT molecular complexity index is 98.6. The number of carbonyl (C=O) groups is 2. The zero-order chi connectivity index (χ0) is 5.86. The molecule has 0 unspecified atom stereocenters. The summed E-state index contributed by atoms with van der Waals surface area (Å²) < 4.78 is 0. The van der Waals surface area contributed by atoms with Crippen LogP contribution in [0.1, 0.15) is 20.3 Å². The van der Waals surface area contributed by atoms with Crippen LogP contribution in [0.2, 0.25) is 0 Å². The van der Waals surface area contributed by atoms with Crippen LogP contribution < -0.4 is 0 Å². The average Bonchev–Trinajstić information content (AvgIpc) is 1.65. The molecule has 0 heterocycles. The van der Waals surface area contributed by atoms with Gasteiger partial charge in [0.25, 0.3) is 0 Å². The summed E-state index contributed by atoms with van der Waals surface area (Å²) in [5.74, 6) is -0.637. The number of carbonyl (C=O) groups excluding carboxylic acids is 2. The molecular formula is C5H8O2Sc. The van der Waals surface area contributed by atoms with Gasteiger partial charge in [-0.05, 0) is 0 Å². The van der Waals surface area contributed by atoms with Crippen molar-refractivity contribution in [2.24, 2.45) is 0 Å². The van der Waals surface area contributed by atoms with Gasteiger partial charge in [0.05, 0.1) is 0 Å². The Morgan fingerprint density at radius 3 is 1.75 bits per heavy atom. The average molecular weight is 145 g/mol. The molecule has 0 rings (SSSR count). The zero-order valence-corrected chi connectivity index (χ0v) is 6.90. The van der Waals surface area contributed by atoms with Crippen LogP contribution in [0.3, 0.4) is 0 Å². The van der Waals surface area contributed by atoms with Gasteiger partial charge in [-0.25, -0.2) is 0 Å². The molecule has 0 aliphatic rings. The Hall–Kier alpha value is 0.210. The summed E-state index contributed by atoms with van der Waals surface area (Å²) in [5.41, 5.74) is 0. The summed E-state index contributed by atoms with van der Waals surface area (Å²) in [5, 5.41) is 0. The first-order valence-electron chi connectivity index (χ1n) is 2.22. The molecule has 1 radical (unpaired) electrons. The summed E-state index contributed by atoms with van der Waals surface area (Å²) in [6.07, 6.45) is 0.329. The number of hydrogen-bond acceptors (Lipinski definition) is 2. The van der Waals surface area contributed by atoms with E-state index in [2.05, 4.69) is 0 Å². The maximum absolute atomic E-state index is 10.2. The number of ketones is 2. The third kappa shape index (κ3) is 4.37. The van der Waals surface area contributed by atoms with Crippen LogP contribution in [-0.2, 0) is 35.4 Å². The van der Waals surface area contributed by atoms with E-state index in [4.69, 9.17) is 0 Å². The van der Waals surface area contributed by atoms with Gasteiger partial charge in [0.2, 0.25) is 0 Å². The fourth-order valence-corrected chi connectivity index (χ4v) is 0.249. The molecule has 43 valence electrons. The van der Waals surface area contributed by atoms with Gasteiger partial charge >= 0.3 is 0 Å². The predicted molar refractivity (Wildman–Crippen MR) is 26.0 cm³/mol. The maximum Gasteiger partial charge on any atom is 0.197 e. The molecule has 0 aromatic heterocycles. The quantitative estimate of drug-likeness (QED) is 0.532. The molecule has 0 saturated heterocycles. The Kier molecular flexibility index (Phi) is 7.40. The summed E-state index contributed by atoms with van der Waals surface area (Å²) >= 11 is 0. The van der Waals surface area contributed by atoms with Gasteiger partial charge in [-0.3, -0.25) is 9.59 Å². The van der Waals surface area contributed by atoms with Crippen LogP contribution in [0.25, 0.3) is 0 Å². The van der Waals surface area contributed by atoms with Crippen LogP contribution in [0.5, 0.6) is 0 Å². The van der Waals surface area contributed by atoms with Crippen molar-refractivity contribution in [3.63, 3.8) is 0 Å². The van der Waals surface area contributed by atoms with E-state index < -0.39 is 0 Å². The van der Waals surface area contributed by atoms with Gasteiger partial charge in [-0.2, -0.15) is 0 Å². The second-order valence-electron chi connectivity index (χ2n) is 1.33. The monoisotopic (exact) mass is 145 g/mol. The Morgan fingerprint density at radius 1 is 1.38 bits per heavy atom. The van der Waals surface area contributed by atoms with Crippen LogP contribution in [0, 0.1) is 0 Å². The van der Waals surface area contributed by atoms with E-state index in [1.807, 2.05) is 0 Å². The van der Waals surface area contributed by atoms with Gasteiger partial charge in [-0.1, -0.05) is 6.92 Å². The van der Waals surface area contributed by atoms with E-state index in [1.165, 1.54) is 6.92 Å². The van der Waals surface area contributed by atoms with E-state index in [1.54, 1.807) is 6.92 Å². The molecule has 0 amide bonds. The zero-order valence-electron chi connectivity index (χ0n) is 5.10. The molecular weight excluding hydrogens is 137 g/mol. The van der Waals surface area contributed by atoms with Crippen molar-refractivity contribution in [2.75, 3.05) is 0 Å². The third-order valence-electron chi connectivity index (χ3n) is 0.714. The van der Waals surface area contributed by atoms with Crippen molar-refractivity contribution >= 4 is 11.6 Å². The van der Waals surface area contributed by atoms with E-state index in [0.29, 0.717) is 6.42 Å². The second kappa shape index (κ2) is 5.35. The largest absolute Gasteiger partial charge is 0.291 e. The molecule has 0 N–H and O–H groups in total. The Morgan fingerprint density at radius 2 is 1.75 bits per heavy atom. The van der Waals surface area contributed by atoms with Gasteiger partial charge in [0, 0.05) is 39.2 Å². The summed E-state index contributed by atoms with van der Waals surface area (Å²) in [6.45, 7) is 2.95. The van der Waals surface area contributed by atoms with Crippen LogP contribution >= 0.6 is 0 Å². The molecule has 0 fully saturated rings. The smallest absolute Gasteiger partial charge is 0.197 e. The number of Topliss-reactive ketones (excluding diaryl/α,β-unsaturated/α-hetero) is 2.